The van der Waals surface area contributed by atoms with Gasteiger partial charge in [0.25, 0.3) is 0 Å². The Morgan fingerprint density at radius 2 is 2.07 bits per heavy atom. The van der Waals surface area contributed by atoms with Crippen molar-refractivity contribution in [2.45, 2.75) is 25.8 Å². The van der Waals surface area contributed by atoms with Crippen LogP contribution < -0.4 is 9.64 Å². The summed E-state index contributed by atoms with van der Waals surface area (Å²) in [5, 5.41) is 4.39. The monoisotopic (exact) mass is 406 g/mol. The maximum Gasteiger partial charge on any atom is 0.225 e. The molecular formula is C23H30N6O. The van der Waals surface area contributed by atoms with Gasteiger partial charge in [-0.15, -0.1) is 0 Å². The van der Waals surface area contributed by atoms with Crippen molar-refractivity contribution >= 4 is 5.95 Å². The lowest BCUT2D eigenvalue weighted by molar-refractivity contribution is 0.325. The van der Waals surface area contributed by atoms with Crippen LogP contribution in [0.1, 0.15) is 29.3 Å². The first kappa shape index (κ1) is 20.3. The molecule has 1 atom stereocenters. The van der Waals surface area contributed by atoms with E-state index < -0.39 is 0 Å². The van der Waals surface area contributed by atoms with E-state index >= 15 is 0 Å². The van der Waals surface area contributed by atoms with Crippen LogP contribution in [0.4, 0.5) is 5.95 Å². The predicted octanol–water partition coefficient (Wildman–Crippen LogP) is 3.25. The van der Waals surface area contributed by atoms with Gasteiger partial charge in [0.15, 0.2) is 0 Å². The summed E-state index contributed by atoms with van der Waals surface area (Å²) in [7, 11) is 7.66. The van der Waals surface area contributed by atoms with Crippen molar-refractivity contribution in [3.8, 4) is 16.9 Å². The van der Waals surface area contributed by atoms with Crippen molar-refractivity contribution in [1.29, 1.82) is 0 Å². The highest BCUT2D eigenvalue weighted by atomic mass is 16.5. The van der Waals surface area contributed by atoms with Crippen molar-refractivity contribution in [3.05, 3.63) is 53.6 Å². The lowest BCUT2D eigenvalue weighted by Gasteiger charge is -2.19. The molecule has 7 nitrogen and oxygen atoms in total. The zero-order valence-electron chi connectivity index (χ0n) is 18.5. The number of anilines is 1. The molecule has 0 saturated carbocycles. The Labute approximate surface area is 178 Å². The van der Waals surface area contributed by atoms with Gasteiger partial charge in [-0.1, -0.05) is 12.1 Å². The molecule has 158 valence electrons. The second kappa shape index (κ2) is 8.44. The molecule has 0 spiro atoms. The third-order valence-electron chi connectivity index (χ3n) is 5.98. The van der Waals surface area contributed by atoms with Crippen molar-refractivity contribution < 1.29 is 4.74 Å². The van der Waals surface area contributed by atoms with Gasteiger partial charge in [0.2, 0.25) is 5.95 Å². The number of likely N-dealkylation sites (tertiary alicyclic amines) is 1. The van der Waals surface area contributed by atoms with Crippen molar-refractivity contribution in [2.24, 2.45) is 7.05 Å². The molecule has 1 aliphatic rings. The van der Waals surface area contributed by atoms with E-state index in [2.05, 4.69) is 34.0 Å². The van der Waals surface area contributed by atoms with E-state index in [-0.39, 0.29) is 0 Å². The minimum absolute atomic E-state index is 0.366. The van der Waals surface area contributed by atoms with Crippen LogP contribution in [-0.2, 0) is 13.6 Å². The van der Waals surface area contributed by atoms with E-state index in [4.69, 9.17) is 9.72 Å². The average Bonchev–Trinajstić information content (AvgIpc) is 3.35. The molecular weight excluding hydrogens is 376 g/mol. The smallest absolute Gasteiger partial charge is 0.225 e. The average molecular weight is 407 g/mol. The van der Waals surface area contributed by atoms with Gasteiger partial charge >= 0.3 is 0 Å². The number of hydrogen-bond acceptors (Lipinski definition) is 6. The summed E-state index contributed by atoms with van der Waals surface area (Å²) in [4.78, 5) is 14.0. The van der Waals surface area contributed by atoms with Gasteiger partial charge in [0, 0.05) is 63.2 Å². The normalized spacial score (nSPS) is 16.8. The van der Waals surface area contributed by atoms with Gasteiger partial charge < -0.3 is 9.64 Å². The fourth-order valence-corrected chi connectivity index (χ4v) is 4.06. The number of methoxy groups -OCH3 is 1. The Kier molecular flexibility index (Phi) is 5.72. The summed E-state index contributed by atoms with van der Waals surface area (Å²) in [6.45, 7) is 5.09. The SMILES string of the molecule is COc1cccc(-c2cnc(N(C)C)nc2C2CCN(Cc3cnn(C)c3C)C2)c1. The van der Waals surface area contributed by atoms with Crippen molar-refractivity contribution in [2.75, 3.05) is 39.2 Å². The molecule has 2 aromatic heterocycles. The number of nitrogens with zero attached hydrogens (tertiary/aromatic N) is 6. The summed E-state index contributed by atoms with van der Waals surface area (Å²) in [6, 6.07) is 8.14. The molecule has 0 amide bonds. The molecule has 1 aromatic carbocycles. The van der Waals surface area contributed by atoms with Crippen LogP contribution in [0.3, 0.4) is 0 Å². The Morgan fingerprint density at radius 1 is 1.23 bits per heavy atom. The molecule has 4 rings (SSSR count). The summed E-state index contributed by atoms with van der Waals surface area (Å²) in [5.41, 5.74) is 5.82. The molecule has 0 N–H and O–H groups in total. The Hall–Kier alpha value is -2.93. The maximum atomic E-state index is 5.44. The Morgan fingerprint density at radius 3 is 2.77 bits per heavy atom. The maximum absolute atomic E-state index is 5.44. The second-order valence-electron chi connectivity index (χ2n) is 8.19. The van der Waals surface area contributed by atoms with E-state index in [9.17, 15) is 0 Å². The molecule has 1 aliphatic heterocycles. The molecule has 3 heterocycles. The molecule has 30 heavy (non-hydrogen) atoms. The highest BCUT2D eigenvalue weighted by molar-refractivity contribution is 5.68. The summed E-state index contributed by atoms with van der Waals surface area (Å²) in [5.74, 6) is 1.96. The predicted molar refractivity (Wildman–Crippen MR) is 119 cm³/mol. The number of rotatable bonds is 6. The minimum atomic E-state index is 0.366. The number of aromatic nitrogens is 4. The topological polar surface area (TPSA) is 59.3 Å². The van der Waals surface area contributed by atoms with Crippen LogP contribution in [0.5, 0.6) is 5.75 Å². The summed E-state index contributed by atoms with van der Waals surface area (Å²) in [6.07, 6.45) is 5.03. The van der Waals surface area contributed by atoms with Crippen LogP contribution in [-0.4, -0.2) is 58.9 Å². The Balaban J connectivity index is 1.63. The van der Waals surface area contributed by atoms with Crippen LogP contribution in [0.15, 0.2) is 36.7 Å². The second-order valence-corrected chi connectivity index (χ2v) is 8.19. The minimum Gasteiger partial charge on any atom is -0.497 e. The van der Waals surface area contributed by atoms with Crippen LogP contribution >= 0.6 is 0 Å². The van der Waals surface area contributed by atoms with E-state index in [1.807, 2.05) is 55.3 Å². The number of benzene rings is 1. The third-order valence-corrected chi connectivity index (χ3v) is 5.98. The largest absolute Gasteiger partial charge is 0.497 e. The molecule has 0 radical (unpaired) electrons. The fourth-order valence-electron chi connectivity index (χ4n) is 4.06. The standard InChI is InChI=1S/C23H30N6O/c1-16-19(12-25-28(16)4)15-29-10-9-18(14-29)22-21(13-24-23(26-22)27(2)3)17-7-6-8-20(11-17)30-5/h6-8,11-13,18H,9-10,14-15H2,1-5H3. The van der Waals surface area contributed by atoms with E-state index in [0.29, 0.717) is 5.92 Å². The highest BCUT2D eigenvalue weighted by Gasteiger charge is 2.28. The molecule has 1 unspecified atom stereocenters. The van der Waals surface area contributed by atoms with E-state index in [1.54, 1.807) is 7.11 Å². The van der Waals surface area contributed by atoms with Gasteiger partial charge in [0.05, 0.1) is 19.0 Å². The van der Waals surface area contributed by atoms with Crippen LogP contribution in [0.25, 0.3) is 11.1 Å². The van der Waals surface area contributed by atoms with Gasteiger partial charge in [-0.05, 0) is 37.6 Å². The van der Waals surface area contributed by atoms with E-state index in [0.717, 1.165) is 54.6 Å². The fraction of sp³-hybridized carbons (Fsp3) is 0.435. The van der Waals surface area contributed by atoms with Crippen molar-refractivity contribution in [3.63, 3.8) is 0 Å². The molecule has 0 bridgehead atoms. The van der Waals surface area contributed by atoms with Gasteiger partial charge in [-0.2, -0.15) is 5.10 Å². The molecule has 0 aliphatic carbocycles. The van der Waals surface area contributed by atoms with Gasteiger partial charge in [0.1, 0.15) is 5.75 Å². The third kappa shape index (κ3) is 4.03. The number of ether oxygens (including phenoxy) is 1. The first-order valence-corrected chi connectivity index (χ1v) is 10.3. The van der Waals surface area contributed by atoms with Crippen LogP contribution in [0.2, 0.25) is 0 Å². The summed E-state index contributed by atoms with van der Waals surface area (Å²) < 4.78 is 7.38. The zero-order valence-corrected chi connectivity index (χ0v) is 18.5. The summed E-state index contributed by atoms with van der Waals surface area (Å²) >= 11 is 0. The van der Waals surface area contributed by atoms with Gasteiger partial charge in [-0.3, -0.25) is 9.58 Å². The number of hydrogen-bond donors (Lipinski definition) is 0. The molecule has 7 heteroatoms. The first-order chi connectivity index (χ1) is 14.5. The quantitative estimate of drug-likeness (QED) is 0.626. The first-order valence-electron chi connectivity index (χ1n) is 10.3. The van der Waals surface area contributed by atoms with Gasteiger partial charge in [-0.25, -0.2) is 9.97 Å². The lowest BCUT2D eigenvalue weighted by Crippen LogP contribution is -2.21. The molecule has 1 saturated heterocycles. The Bertz CT molecular complexity index is 1030. The van der Waals surface area contributed by atoms with Crippen molar-refractivity contribution in [1.82, 2.24) is 24.6 Å². The van der Waals surface area contributed by atoms with E-state index in [1.165, 1.54) is 11.3 Å². The zero-order chi connectivity index (χ0) is 21.3. The molecule has 1 fully saturated rings. The number of aryl methyl sites for hydroxylation is 1. The van der Waals surface area contributed by atoms with Crippen LogP contribution in [0, 0.1) is 6.92 Å². The molecule has 3 aromatic rings. The highest BCUT2D eigenvalue weighted by Crippen LogP contribution is 2.35. The lowest BCUT2D eigenvalue weighted by atomic mass is 9.96.